The SMILES string of the molecule is COc1ccc(CC(=O)C2C3CCCC32)cc1Br. The van der Waals surface area contributed by atoms with Crippen LogP contribution in [0.2, 0.25) is 0 Å². The Morgan fingerprint density at radius 2 is 2.11 bits per heavy atom. The predicted octanol–water partition coefficient (Wildman–Crippen LogP) is 3.62. The Morgan fingerprint density at radius 1 is 1.39 bits per heavy atom. The van der Waals surface area contributed by atoms with Crippen LogP contribution in [-0.2, 0) is 11.2 Å². The molecular weight excluding hydrogens is 292 g/mol. The van der Waals surface area contributed by atoms with Crippen LogP contribution in [0.15, 0.2) is 22.7 Å². The molecule has 0 heterocycles. The van der Waals surface area contributed by atoms with Crippen molar-refractivity contribution in [2.45, 2.75) is 25.7 Å². The molecular formula is C15H17BrO2. The number of methoxy groups -OCH3 is 1. The Balaban J connectivity index is 1.66. The van der Waals surface area contributed by atoms with Crippen molar-refractivity contribution in [2.24, 2.45) is 17.8 Å². The van der Waals surface area contributed by atoms with Gasteiger partial charge in [0.25, 0.3) is 0 Å². The molecule has 0 radical (unpaired) electrons. The van der Waals surface area contributed by atoms with Gasteiger partial charge in [0.15, 0.2) is 0 Å². The van der Waals surface area contributed by atoms with Gasteiger partial charge in [-0.2, -0.15) is 0 Å². The Hall–Kier alpha value is -0.830. The summed E-state index contributed by atoms with van der Waals surface area (Å²) in [6.07, 6.45) is 4.44. The minimum absolute atomic E-state index is 0.375. The van der Waals surface area contributed by atoms with Crippen molar-refractivity contribution in [3.05, 3.63) is 28.2 Å². The first kappa shape index (κ1) is 12.2. The molecule has 0 amide bonds. The highest BCUT2D eigenvalue weighted by molar-refractivity contribution is 9.10. The van der Waals surface area contributed by atoms with E-state index in [4.69, 9.17) is 4.74 Å². The van der Waals surface area contributed by atoms with Gasteiger partial charge < -0.3 is 4.74 Å². The van der Waals surface area contributed by atoms with E-state index in [-0.39, 0.29) is 0 Å². The lowest BCUT2D eigenvalue weighted by atomic mass is 10.0. The first-order chi connectivity index (χ1) is 8.70. The molecule has 2 fully saturated rings. The molecule has 2 aliphatic carbocycles. The molecule has 2 nitrogen and oxygen atoms in total. The van der Waals surface area contributed by atoms with Gasteiger partial charge in [0, 0.05) is 12.3 Å². The molecule has 1 aromatic rings. The zero-order valence-corrected chi connectivity index (χ0v) is 12.1. The standard InChI is InChI=1S/C15H17BrO2/c1-18-14-6-5-9(7-12(14)16)8-13(17)15-10-3-2-4-11(10)15/h5-7,10-11,15H,2-4,8H2,1H3. The van der Waals surface area contributed by atoms with E-state index in [0.717, 1.165) is 27.6 Å². The lowest BCUT2D eigenvalue weighted by molar-refractivity contribution is -0.120. The maximum Gasteiger partial charge on any atom is 0.140 e. The van der Waals surface area contributed by atoms with E-state index in [1.165, 1.54) is 19.3 Å². The fourth-order valence-electron chi connectivity index (χ4n) is 3.44. The molecule has 0 bridgehead atoms. The van der Waals surface area contributed by atoms with Crippen molar-refractivity contribution in [2.75, 3.05) is 7.11 Å². The molecule has 2 atom stereocenters. The number of carbonyl (C=O) groups excluding carboxylic acids is 1. The number of Topliss-reactive ketones (excluding diaryl/α,β-unsaturated/α-hetero) is 1. The van der Waals surface area contributed by atoms with Crippen molar-refractivity contribution < 1.29 is 9.53 Å². The average molecular weight is 309 g/mol. The minimum Gasteiger partial charge on any atom is -0.496 e. The number of hydrogen-bond donors (Lipinski definition) is 0. The molecule has 0 aromatic heterocycles. The zero-order valence-electron chi connectivity index (χ0n) is 10.5. The summed E-state index contributed by atoms with van der Waals surface area (Å²) in [5, 5.41) is 0. The molecule has 96 valence electrons. The van der Waals surface area contributed by atoms with E-state index in [1.54, 1.807) is 7.11 Å². The summed E-state index contributed by atoms with van der Waals surface area (Å²) in [5.41, 5.74) is 1.08. The van der Waals surface area contributed by atoms with Gasteiger partial charge in [-0.25, -0.2) is 0 Å². The van der Waals surface area contributed by atoms with Gasteiger partial charge in [-0.15, -0.1) is 0 Å². The van der Waals surface area contributed by atoms with Crippen LogP contribution >= 0.6 is 15.9 Å². The van der Waals surface area contributed by atoms with Gasteiger partial charge in [0.1, 0.15) is 11.5 Å². The lowest BCUT2D eigenvalue weighted by Gasteiger charge is -2.07. The number of ketones is 1. The molecule has 2 unspecified atom stereocenters. The smallest absolute Gasteiger partial charge is 0.140 e. The predicted molar refractivity (Wildman–Crippen MR) is 73.7 cm³/mol. The lowest BCUT2D eigenvalue weighted by Crippen LogP contribution is -2.09. The molecule has 1 aromatic carbocycles. The summed E-state index contributed by atoms with van der Waals surface area (Å²) in [4.78, 5) is 12.2. The van der Waals surface area contributed by atoms with Crippen LogP contribution in [0.4, 0.5) is 0 Å². The fourth-order valence-corrected chi connectivity index (χ4v) is 4.03. The second kappa shape index (κ2) is 4.69. The van der Waals surface area contributed by atoms with Crippen LogP contribution in [0.5, 0.6) is 5.75 Å². The zero-order chi connectivity index (χ0) is 12.7. The highest BCUT2D eigenvalue weighted by Gasteiger charge is 2.55. The van der Waals surface area contributed by atoms with Crippen LogP contribution in [-0.4, -0.2) is 12.9 Å². The monoisotopic (exact) mass is 308 g/mol. The van der Waals surface area contributed by atoms with Gasteiger partial charge in [0.05, 0.1) is 11.6 Å². The molecule has 3 rings (SSSR count). The average Bonchev–Trinajstić information content (AvgIpc) is 2.84. The quantitative estimate of drug-likeness (QED) is 0.849. The van der Waals surface area contributed by atoms with Crippen molar-refractivity contribution in [3.63, 3.8) is 0 Å². The van der Waals surface area contributed by atoms with Crippen LogP contribution < -0.4 is 4.74 Å². The normalized spacial score (nSPS) is 28.9. The third-order valence-corrected chi connectivity index (χ3v) is 4.99. The van der Waals surface area contributed by atoms with Crippen molar-refractivity contribution >= 4 is 21.7 Å². The molecule has 0 saturated heterocycles. The van der Waals surface area contributed by atoms with Gasteiger partial charge in [-0.05, 0) is 58.3 Å². The van der Waals surface area contributed by atoms with Crippen LogP contribution in [0, 0.1) is 17.8 Å². The number of benzene rings is 1. The maximum absolute atomic E-state index is 12.2. The topological polar surface area (TPSA) is 26.3 Å². The van der Waals surface area contributed by atoms with Crippen LogP contribution in [0.3, 0.4) is 0 Å². The van der Waals surface area contributed by atoms with Crippen molar-refractivity contribution in [3.8, 4) is 5.75 Å². The highest BCUT2D eigenvalue weighted by Crippen LogP contribution is 2.58. The highest BCUT2D eigenvalue weighted by atomic mass is 79.9. The summed E-state index contributed by atoms with van der Waals surface area (Å²) >= 11 is 3.46. The number of carbonyl (C=O) groups is 1. The Morgan fingerprint density at radius 3 is 2.72 bits per heavy atom. The van der Waals surface area contributed by atoms with Crippen LogP contribution in [0.25, 0.3) is 0 Å². The Kier molecular flexibility index (Phi) is 3.18. The third-order valence-electron chi connectivity index (χ3n) is 4.37. The molecule has 0 aliphatic heterocycles. The first-order valence-electron chi connectivity index (χ1n) is 6.56. The number of fused-ring (bicyclic) bond motifs is 1. The van der Waals surface area contributed by atoms with Gasteiger partial charge in [-0.1, -0.05) is 12.5 Å². The first-order valence-corrected chi connectivity index (χ1v) is 7.35. The maximum atomic E-state index is 12.2. The van der Waals surface area contributed by atoms with E-state index in [2.05, 4.69) is 15.9 Å². The van der Waals surface area contributed by atoms with Gasteiger partial charge in [0.2, 0.25) is 0 Å². The minimum atomic E-state index is 0.375. The van der Waals surface area contributed by atoms with Gasteiger partial charge in [-0.3, -0.25) is 4.79 Å². The van der Waals surface area contributed by atoms with Crippen molar-refractivity contribution in [1.29, 1.82) is 0 Å². The third kappa shape index (κ3) is 2.09. The number of rotatable bonds is 4. The fraction of sp³-hybridized carbons (Fsp3) is 0.533. The summed E-state index contributed by atoms with van der Waals surface area (Å²) < 4.78 is 6.12. The largest absolute Gasteiger partial charge is 0.496 e. The second-order valence-corrected chi connectivity index (χ2v) is 6.25. The summed E-state index contributed by atoms with van der Waals surface area (Å²) in [7, 11) is 1.65. The number of halogens is 1. The second-order valence-electron chi connectivity index (χ2n) is 5.40. The Bertz CT molecular complexity index is 473. The van der Waals surface area contributed by atoms with E-state index in [0.29, 0.717) is 18.1 Å². The molecule has 18 heavy (non-hydrogen) atoms. The van der Waals surface area contributed by atoms with E-state index in [9.17, 15) is 4.79 Å². The molecule has 2 aliphatic rings. The molecule has 0 N–H and O–H groups in total. The van der Waals surface area contributed by atoms with E-state index >= 15 is 0 Å². The van der Waals surface area contributed by atoms with Crippen molar-refractivity contribution in [1.82, 2.24) is 0 Å². The number of ether oxygens (including phenoxy) is 1. The Labute approximate surface area is 116 Å². The molecule has 2 saturated carbocycles. The summed E-state index contributed by atoms with van der Waals surface area (Å²) in [5.74, 6) is 3.06. The van der Waals surface area contributed by atoms with E-state index < -0.39 is 0 Å². The van der Waals surface area contributed by atoms with Crippen LogP contribution in [0.1, 0.15) is 24.8 Å². The van der Waals surface area contributed by atoms with Gasteiger partial charge >= 0.3 is 0 Å². The molecule has 3 heteroatoms. The summed E-state index contributed by atoms with van der Waals surface area (Å²) in [6.45, 7) is 0. The van der Waals surface area contributed by atoms with E-state index in [1.807, 2.05) is 18.2 Å². The summed E-state index contributed by atoms with van der Waals surface area (Å²) in [6, 6.07) is 5.90. The molecule has 0 spiro atoms. The number of hydrogen-bond acceptors (Lipinski definition) is 2.